The van der Waals surface area contributed by atoms with Gasteiger partial charge in [0.15, 0.2) is 0 Å². The molecular weight excluding hydrogens is 316 g/mol. The van der Waals surface area contributed by atoms with Crippen LogP contribution in [0.5, 0.6) is 0 Å². The number of aliphatic hydroxyl groups is 1. The standard InChI is InChI=1S/C19H28N4O2/c1-14-17(12-20-18(25)21-13-19(3,4)10-11-24)15(2)23(22-14)16-8-6-5-7-9-16/h5-9,24H,10-13H2,1-4H3,(H2,20,21,25). The number of urea groups is 1. The number of carbonyl (C=O) groups is 1. The smallest absolute Gasteiger partial charge is 0.315 e. The minimum Gasteiger partial charge on any atom is -0.396 e. The van der Waals surface area contributed by atoms with Crippen LogP contribution in [0.25, 0.3) is 5.69 Å². The maximum absolute atomic E-state index is 12.1. The van der Waals surface area contributed by atoms with Crippen LogP contribution in [0.1, 0.15) is 37.2 Å². The number of hydrogen-bond acceptors (Lipinski definition) is 3. The summed E-state index contributed by atoms with van der Waals surface area (Å²) in [5.74, 6) is 0. The normalized spacial score (nSPS) is 11.4. The van der Waals surface area contributed by atoms with Crippen LogP contribution < -0.4 is 10.6 Å². The lowest BCUT2D eigenvalue weighted by Gasteiger charge is -2.23. The third-order valence-corrected chi connectivity index (χ3v) is 4.38. The van der Waals surface area contributed by atoms with Crippen LogP contribution in [0.2, 0.25) is 0 Å². The second-order valence-electron chi connectivity index (χ2n) is 7.07. The van der Waals surface area contributed by atoms with Crippen LogP contribution in [0.3, 0.4) is 0 Å². The minimum atomic E-state index is -0.211. The van der Waals surface area contributed by atoms with Crippen LogP contribution in [0, 0.1) is 19.3 Å². The Bertz CT molecular complexity index is 708. The van der Waals surface area contributed by atoms with E-state index < -0.39 is 0 Å². The van der Waals surface area contributed by atoms with E-state index in [-0.39, 0.29) is 18.1 Å². The summed E-state index contributed by atoms with van der Waals surface area (Å²) >= 11 is 0. The van der Waals surface area contributed by atoms with Gasteiger partial charge in [-0.15, -0.1) is 0 Å². The average molecular weight is 344 g/mol. The molecule has 136 valence electrons. The number of benzene rings is 1. The number of rotatable bonds is 7. The maximum Gasteiger partial charge on any atom is 0.315 e. The van der Waals surface area contributed by atoms with E-state index in [1.807, 2.05) is 62.7 Å². The highest BCUT2D eigenvalue weighted by atomic mass is 16.3. The molecule has 0 aliphatic heterocycles. The van der Waals surface area contributed by atoms with Crippen LogP contribution >= 0.6 is 0 Å². The Morgan fingerprint density at radius 1 is 1.20 bits per heavy atom. The topological polar surface area (TPSA) is 79.2 Å². The molecule has 2 aromatic rings. The van der Waals surface area contributed by atoms with Crippen molar-refractivity contribution < 1.29 is 9.90 Å². The monoisotopic (exact) mass is 344 g/mol. The molecule has 6 heteroatoms. The molecule has 6 nitrogen and oxygen atoms in total. The molecule has 1 aromatic heterocycles. The molecule has 0 radical (unpaired) electrons. The first-order chi connectivity index (χ1) is 11.8. The summed E-state index contributed by atoms with van der Waals surface area (Å²) in [7, 11) is 0. The van der Waals surface area contributed by atoms with Crippen molar-refractivity contribution in [2.24, 2.45) is 5.41 Å². The predicted octanol–water partition coefficient (Wildman–Crippen LogP) is 2.70. The van der Waals surface area contributed by atoms with E-state index in [1.54, 1.807) is 0 Å². The van der Waals surface area contributed by atoms with Gasteiger partial charge < -0.3 is 15.7 Å². The zero-order chi connectivity index (χ0) is 18.4. The number of aliphatic hydroxyl groups excluding tert-OH is 1. The number of aryl methyl sites for hydroxylation is 1. The third kappa shape index (κ3) is 5.06. The molecule has 2 rings (SSSR count). The van der Waals surface area contributed by atoms with Crippen molar-refractivity contribution in [2.45, 2.75) is 40.7 Å². The molecule has 0 fully saturated rings. The van der Waals surface area contributed by atoms with Crippen LogP contribution in [-0.2, 0) is 6.54 Å². The minimum absolute atomic E-state index is 0.118. The second kappa shape index (κ2) is 8.16. The Kier molecular flexibility index (Phi) is 6.20. The Morgan fingerprint density at radius 2 is 1.88 bits per heavy atom. The van der Waals surface area contributed by atoms with Gasteiger partial charge in [-0.2, -0.15) is 5.10 Å². The van der Waals surface area contributed by atoms with E-state index >= 15 is 0 Å². The molecule has 0 saturated carbocycles. The van der Waals surface area contributed by atoms with Crippen molar-refractivity contribution in [3.8, 4) is 5.69 Å². The quantitative estimate of drug-likeness (QED) is 0.722. The molecule has 0 aliphatic rings. The number of hydrogen-bond donors (Lipinski definition) is 3. The van der Waals surface area contributed by atoms with Gasteiger partial charge in [0.05, 0.1) is 11.4 Å². The lowest BCUT2D eigenvalue weighted by Crippen LogP contribution is -2.40. The fourth-order valence-electron chi connectivity index (χ4n) is 2.69. The largest absolute Gasteiger partial charge is 0.396 e. The van der Waals surface area contributed by atoms with Crippen molar-refractivity contribution in [3.05, 3.63) is 47.3 Å². The zero-order valence-electron chi connectivity index (χ0n) is 15.5. The molecular formula is C19H28N4O2. The summed E-state index contributed by atoms with van der Waals surface area (Å²) in [5, 5.41) is 19.4. The molecule has 0 aliphatic carbocycles. The molecule has 2 amide bonds. The molecule has 1 aromatic carbocycles. The van der Waals surface area contributed by atoms with Gasteiger partial charge in [0, 0.05) is 31.0 Å². The van der Waals surface area contributed by atoms with E-state index in [0.717, 1.165) is 22.6 Å². The Balaban J connectivity index is 1.97. The maximum atomic E-state index is 12.1. The van der Waals surface area contributed by atoms with Gasteiger partial charge in [-0.05, 0) is 37.8 Å². The van der Waals surface area contributed by atoms with Crippen molar-refractivity contribution >= 4 is 6.03 Å². The second-order valence-corrected chi connectivity index (χ2v) is 7.07. The molecule has 0 saturated heterocycles. The first-order valence-corrected chi connectivity index (χ1v) is 8.57. The third-order valence-electron chi connectivity index (χ3n) is 4.38. The van der Waals surface area contributed by atoms with Crippen LogP contribution in [0.15, 0.2) is 30.3 Å². The van der Waals surface area contributed by atoms with Gasteiger partial charge in [-0.3, -0.25) is 0 Å². The average Bonchev–Trinajstić information content (AvgIpc) is 2.86. The highest BCUT2D eigenvalue weighted by molar-refractivity contribution is 5.73. The molecule has 25 heavy (non-hydrogen) atoms. The van der Waals surface area contributed by atoms with Gasteiger partial charge in [-0.25, -0.2) is 9.48 Å². The molecule has 0 bridgehead atoms. The van der Waals surface area contributed by atoms with Crippen molar-refractivity contribution in [3.63, 3.8) is 0 Å². The molecule has 0 spiro atoms. The summed E-state index contributed by atoms with van der Waals surface area (Å²) in [4.78, 5) is 12.1. The fraction of sp³-hybridized carbons (Fsp3) is 0.474. The van der Waals surface area contributed by atoms with E-state index in [1.165, 1.54) is 0 Å². The first kappa shape index (κ1) is 19.0. The lowest BCUT2D eigenvalue weighted by molar-refractivity contribution is 0.201. The van der Waals surface area contributed by atoms with Gasteiger partial charge in [0.25, 0.3) is 0 Å². The van der Waals surface area contributed by atoms with Crippen molar-refractivity contribution in [1.82, 2.24) is 20.4 Å². The number of carbonyl (C=O) groups excluding carboxylic acids is 1. The van der Waals surface area contributed by atoms with E-state index in [4.69, 9.17) is 5.11 Å². The zero-order valence-corrected chi connectivity index (χ0v) is 15.5. The number of aromatic nitrogens is 2. The number of nitrogens with zero attached hydrogens (tertiary/aromatic N) is 2. The number of nitrogens with one attached hydrogen (secondary N) is 2. The van der Waals surface area contributed by atoms with Gasteiger partial charge in [-0.1, -0.05) is 32.0 Å². The van der Waals surface area contributed by atoms with Crippen molar-refractivity contribution in [2.75, 3.05) is 13.2 Å². The Labute approximate surface area is 149 Å². The molecule has 0 atom stereocenters. The SMILES string of the molecule is Cc1nn(-c2ccccc2)c(C)c1CNC(=O)NCC(C)(C)CCO. The Morgan fingerprint density at radius 3 is 2.52 bits per heavy atom. The van der Waals surface area contributed by atoms with E-state index in [2.05, 4.69) is 15.7 Å². The highest BCUT2D eigenvalue weighted by Crippen LogP contribution is 2.19. The summed E-state index contributed by atoms with van der Waals surface area (Å²) in [6.45, 7) is 9.05. The summed E-state index contributed by atoms with van der Waals surface area (Å²) in [6, 6.07) is 9.73. The van der Waals surface area contributed by atoms with Gasteiger partial charge in [0.2, 0.25) is 0 Å². The summed E-state index contributed by atoms with van der Waals surface area (Å²) < 4.78 is 1.90. The molecule has 1 heterocycles. The van der Waals surface area contributed by atoms with Gasteiger partial charge in [0.1, 0.15) is 0 Å². The molecule has 0 unspecified atom stereocenters. The number of para-hydroxylation sites is 1. The van der Waals surface area contributed by atoms with Crippen LogP contribution in [-0.4, -0.2) is 34.1 Å². The Hall–Kier alpha value is -2.34. The predicted molar refractivity (Wildman–Crippen MR) is 98.8 cm³/mol. The van der Waals surface area contributed by atoms with Crippen LogP contribution in [0.4, 0.5) is 4.79 Å². The van der Waals surface area contributed by atoms with E-state index in [0.29, 0.717) is 19.5 Å². The first-order valence-electron chi connectivity index (χ1n) is 8.57. The summed E-state index contributed by atoms with van der Waals surface area (Å²) in [5.41, 5.74) is 3.82. The fourth-order valence-corrected chi connectivity index (χ4v) is 2.69. The highest BCUT2D eigenvalue weighted by Gasteiger charge is 2.18. The van der Waals surface area contributed by atoms with Crippen molar-refractivity contribution in [1.29, 1.82) is 0 Å². The molecule has 3 N–H and O–H groups in total. The van der Waals surface area contributed by atoms with Gasteiger partial charge >= 0.3 is 6.03 Å². The number of amides is 2. The summed E-state index contributed by atoms with van der Waals surface area (Å²) in [6.07, 6.45) is 0.648. The lowest BCUT2D eigenvalue weighted by atomic mass is 9.90. The van der Waals surface area contributed by atoms with E-state index in [9.17, 15) is 4.79 Å².